The van der Waals surface area contributed by atoms with E-state index in [4.69, 9.17) is 0 Å². The summed E-state index contributed by atoms with van der Waals surface area (Å²) in [4.78, 5) is 8.71. The zero-order valence-corrected chi connectivity index (χ0v) is 9.55. The van der Waals surface area contributed by atoms with Crippen LogP contribution in [-0.2, 0) is 0 Å². The first-order valence-corrected chi connectivity index (χ1v) is 6.00. The van der Waals surface area contributed by atoms with E-state index in [-0.39, 0.29) is 0 Å². The fraction of sp³-hybridized carbons (Fsp3) is 0.455. The molecule has 1 heterocycles. The van der Waals surface area contributed by atoms with Gasteiger partial charge < -0.3 is 0 Å². The first-order chi connectivity index (χ1) is 6.84. The van der Waals surface area contributed by atoms with Crippen molar-refractivity contribution in [2.75, 3.05) is 18.1 Å². The van der Waals surface area contributed by atoms with Gasteiger partial charge in [-0.1, -0.05) is 13.0 Å². The molecule has 1 rings (SSSR count). The van der Waals surface area contributed by atoms with Crippen LogP contribution in [0.1, 0.15) is 19.5 Å². The van der Waals surface area contributed by atoms with Gasteiger partial charge in [0.2, 0.25) is 0 Å². The van der Waals surface area contributed by atoms with Crippen molar-refractivity contribution in [3.8, 4) is 0 Å². The average molecular weight is 208 g/mol. The lowest BCUT2D eigenvalue weighted by Gasteiger charge is -1.99. The number of aliphatic imine (C=N–C) groups is 1. The molecule has 0 aliphatic heterocycles. The number of hydrogen-bond donors (Lipinski definition) is 0. The Bertz CT molecular complexity index is 283. The van der Waals surface area contributed by atoms with Crippen LogP contribution in [0.3, 0.4) is 0 Å². The van der Waals surface area contributed by atoms with Gasteiger partial charge in [-0.25, -0.2) is 0 Å². The Morgan fingerprint density at radius 3 is 3.00 bits per heavy atom. The van der Waals surface area contributed by atoms with Crippen molar-refractivity contribution in [3.05, 3.63) is 30.1 Å². The van der Waals surface area contributed by atoms with Crippen molar-refractivity contribution in [2.45, 2.75) is 13.8 Å². The van der Waals surface area contributed by atoms with Gasteiger partial charge in [0.05, 0.1) is 11.4 Å². The van der Waals surface area contributed by atoms with E-state index in [2.05, 4.69) is 16.9 Å². The molecule has 3 heteroatoms. The molecule has 0 fully saturated rings. The Kier molecular flexibility index (Phi) is 5.30. The van der Waals surface area contributed by atoms with Crippen molar-refractivity contribution in [1.82, 2.24) is 4.98 Å². The molecule has 76 valence electrons. The minimum atomic E-state index is 0.890. The van der Waals surface area contributed by atoms with Crippen LogP contribution in [0, 0.1) is 0 Å². The molecular weight excluding hydrogens is 192 g/mol. The highest BCUT2D eigenvalue weighted by Gasteiger charge is 1.95. The lowest BCUT2D eigenvalue weighted by molar-refractivity contribution is 1.13. The SMILES string of the molecule is CCSCC/N=C(\C)c1ccccn1. The molecular formula is C11H16N2S. The van der Waals surface area contributed by atoms with Gasteiger partial charge in [0.15, 0.2) is 0 Å². The molecule has 2 nitrogen and oxygen atoms in total. The summed E-state index contributed by atoms with van der Waals surface area (Å²) in [6.45, 7) is 5.07. The van der Waals surface area contributed by atoms with Gasteiger partial charge in [-0.15, -0.1) is 0 Å². The Balaban J connectivity index is 2.44. The number of aromatic nitrogens is 1. The minimum Gasteiger partial charge on any atom is -0.287 e. The van der Waals surface area contributed by atoms with Crippen molar-refractivity contribution in [3.63, 3.8) is 0 Å². The third-order valence-electron chi connectivity index (χ3n) is 1.82. The van der Waals surface area contributed by atoms with Gasteiger partial charge in [0, 0.05) is 18.5 Å². The molecule has 1 aromatic rings. The fourth-order valence-corrected chi connectivity index (χ4v) is 1.59. The maximum Gasteiger partial charge on any atom is 0.0837 e. The lowest BCUT2D eigenvalue weighted by atomic mass is 10.2. The Hall–Kier alpha value is -0.830. The molecule has 0 amide bonds. The second kappa shape index (κ2) is 6.60. The quantitative estimate of drug-likeness (QED) is 0.549. The predicted octanol–water partition coefficient (Wildman–Crippen LogP) is 2.64. The van der Waals surface area contributed by atoms with Gasteiger partial charge in [-0.05, 0) is 24.8 Å². The monoisotopic (exact) mass is 208 g/mol. The summed E-state index contributed by atoms with van der Waals surface area (Å²) in [5.74, 6) is 2.26. The van der Waals surface area contributed by atoms with Crippen LogP contribution in [0.5, 0.6) is 0 Å². The number of rotatable bonds is 5. The summed E-state index contributed by atoms with van der Waals surface area (Å²) >= 11 is 1.92. The molecule has 0 saturated heterocycles. The Morgan fingerprint density at radius 2 is 2.36 bits per heavy atom. The summed E-state index contributed by atoms with van der Waals surface area (Å²) < 4.78 is 0. The molecule has 0 N–H and O–H groups in total. The smallest absolute Gasteiger partial charge is 0.0837 e. The third kappa shape index (κ3) is 3.92. The standard InChI is InChI=1S/C11H16N2S/c1-3-14-9-8-12-10(2)11-6-4-5-7-13-11/h4-7H,3,8-9H2,1-2H3/b12-10+. The first kappa shape index (κ1) is 11.2. The normalized spacial score (nSPS) is 11.7. The Labute approximate surface area is 89.9 Å². The number of pyridine rings is 1. The van der Waals surface area contributed by atoms with Crippen LogP contribution in [0.2, 0.25) is 0 Å². The van der Waals surface area contributed by atoms with Crippen LogP contribution in [0.4, 0.5) is 0 Å². The molecule has 14 heavy (non-hydrogen) atoms. The summed E-state index contributed by atoms with van der Waals surface area (Å²) in [6.07, 6.45) is 1.80. The van der Waals surface area contributed by atoms with E-state index in [0.29, 0.717) is 0 Å². The van der Waals surface area contributed by atoms with E-state index in [0.717, 1.165) is 29.5 Å². The Morgan fingerprint density at radius 1 is 1.50 bits per heavy atom. The predicted molar refractivity (Wildman–Crippen MR) is 64.3 cm³/mol. The molecule has 0 saturated carbocycles. The van der Waals surface area contributed by atoms with E-state index in [1.54, 1.807) is 6.20 Å². The lowest BCUT2D eigenvalue weighted by Crippen LogP contribution is -2.00. The van der Waals surface area contributed by atoms with Crippen molar-refractivity contribution in [2.24, 2.45) is 4.99 Å². The van der Waals surface area contributed by atoms with Crippen molar-refractivity contribution >= 4 is 17.5 Å². The highest BCUT2D eigenvalue weighted by atomic mass is 32.2. The molecule has 0 aliphatic carbocycles. The summed E-state index contributed by atoms with van der Waals surface area (Å²) in [5.41, 5.74) is 2.01. The molecule has 0 radical (unpaired) electrons. The van der Waals surface area contributed by atoms with Crippen LogP contribution < -0.4 is 0 Å². The zero-order valence-electron chi connectivity index (χ0n) is 8.73. The molecule has 0 aliphatic rings. The van der Waals surface area contributed by atoms with Crippen LogP contribution in [0.15, 0.2) is 29.4 Å². The summed E-state index contributed by atoms with van der Waals surface area (Å²) in [6, 6.07) is 5.90. The average Bonchev–Trinajstić information content (AvgIpc) is 2.25. The second-order valence-electron chi connectivity index (χ2n) is 2.88. The zero-order chi connectivity index (χ0) is 10.2. The summed E-state index contributed by atoms with van der Waals surface area (Å²) in [7, 11) is 0. The second-order valence-corrected chi connectivity index (χ2v) is 4.27. The highest BCUT2D eigenvalue weighted by Crippen LogP contribution is 2.00. The molecule has 0 aromatic carbocycles. The van der Waals surface area contributed by atoms with Crippen LogP contribution in [0.25, 0.3) is 0 Å². The third-order valence-corrected chi connectivity index (χ3v) is 2.70. The number of nitrogens with zero attached hydrogens (tertiary/aromatic N) is 2. The summed E-state index contributed by atoms with van der Waals surface area (Å²) in [5, 5.41) is 0. The maximum atomic E-state index is 4.47. The van der Waals surface area contributed by atoms with E-state index >= 15 is 0 Å². The molecule has 0 unspecified atom stereocenters. The highest BCUT2D eigenvalue weighted by molar-refractivity contribution is 7.99. The van der Waals surface area contributed by atoms with Crippen molar-refractivity contribution < 1.29 is 0 Å². The fourth-order valence-electron chi connectivity index (χ4n) is 1.08. The van der Waals surface area contributed by atoms with E-state index in [1.165, 1.54) is 0 Å². The van der Waals surface area contributed by atoms with Crippen molar-refractivity contribution in [1.29, 1.82) is 0 Å². The van der Waals surface area contributed by atoms with Gasteiger partial charge >= 0.3 is 0 Å². The number of thioether (sulfide) groups is 1. The van der Waals surface area contributed by atoms with Gasteiger partial charge in [0.25, 0.3) is 0 Å². The van der Waals surface area contributed by atoms with Gasteiger partial charge in [-0.3, -0.25) is 9.98 Å². The van der Waals surface area contributed by atoms with E-state index < -0.39 is 0 Å². The number of hydrogen-bond acceptors (Lipinski definition) is 3. The maximum absolute atomic E-state index is 4.47. The van der Waals surface area contributed by atoms with Crippen LogP contribution in [-0.4, -0.2) is 28.7 Å². The molecule has 0 spiro atoms. The van der Waals surface area contributed by atoms with Gasteiger partial charge in [-0.2, -0.15) is 11.8 Å². The van der Waals surface area contributed by atoms with Crippen LogP contribution >= 0.6 is 11.8 Å². The molecule has 0 atom stereocenters. The molecule has 0 bridgehead atoms. The molecule has 1 aromatic heterocycles. The van der Waals surface area contributed by atoms with Gasteiger partial charge in [0.1, 0.15) is 0 Å². The minimum absolute atomic E-state index is 0.890. The largest absolute Gasteiger partial charge is 0.287 e. The first-order valence-electron chi connectivity index (χ1n) is 4.84. The van der Waals surface area contributed by atoms with E-state index in [1.807, 2.05) is 36.9 Å². The topological polar surface area (TPSA) is 25.2 Å². The van der Waals surface area contributed by atoms with E-state index in [9.17, 15) is 0 Å².